The van der Waals surface area contributed by atoms with Gasteiger partial charge in [-0.25, -0.2) is 13.2 Å². The highest BCUT2D eigenvalue weighted by molar-refractivity contribution is 7.91. The van der Waals surface area contributed by atoms with Crippen LogP contribution < -0.4 is 5.73 Å². The third kappa shape index (κ3) is 3.62. The van der Waals surface area contributed by atoms with Gasteiger partial charge in [0.05, 0.1) is 7.11 Å². The first-order valence-corrected chi connectivity index (χ1v) is 8.88. The van der Waals surface area contributed by atoms with Crippen LogP contribution in [0.25, 0.3) is 0 Å². The van der Waals surface area contributed by atoms with Crippen LogP contribution in [0.2, 0.25) is 0 Å². The minimum Gasteiger partial charge on any atom is -0.465 e. The summed E-state index contributed by atoms with van der Waals surface area (Å²) in [4.78, 5) is 11.7. The van der Waals surface area contributed by atoms with E-state index < -0.39 is 16.0 Å². The summed E-state index contributed by atoms with van der Waals surface area (Å²) >= 11 is 0.932. The maximum absolute atomic E-state index is 12.6. The van der Waals surface area contributed by atoms with Crippen LogP contribution >= 0.6 is 23.7 Å². The maximum Gasteiger partial charge on any atom is 0.348 e. The first-order chi connectivity index (χ1) is 9.68. The highest BCUT2D eigenvalue weighted by Gasteiger charge is 2.39. The number of rotatable bonds is 3. The van der Waals surface area contributed by atoms with Crippen molar-refractivity contribution in [1.82, 2.24) is 4.31 Å². The first-order valence-electron chi connectivity index (χ1n) is 6.62. The standard InChI is InChI=1S/C13H20N2O4S2.ClH/c1-13(2)8-15(7-6-10(13)14)21(17,18)11-5-4-9(20-11)12(16)19-3;/h4-5,10H,6-8,14H2,1-3H3;1H. The zero-order valence-electron chi connectivity index (χ0n) is 12.7. The normalized spacial score (nSPS) is 21.9. The number of halogens is 1. The number of esters is 1. The van der Waals surface area contributed by atoms with Crippen molar-refractivity contribution in [2.75, 3.05) is 20.2 Å². The monoisotopic (exact) mass is 368 g/mol. The quantitative estimate of drug-likeness (QED) is 0.820. The number of carbonyl (C=O) groups excluding carboxylic acids is 1. The fourth-order valence-corrected chi connectivity index (χ4v) is 5.33. The second-order valence-electron chi connectivity index (χ2n) is 5.83. The molecule has 0 amide bonds. The molecule has 1 fully saturated rings. The average molecular weight is 369 g/mol. The Bertz CT molecular complexity index is 642. The van der Waals surface area contributed by atoms with Gasteiger partial charge in [0.2, 0.25) is 0 Å². The summed E-state index contributed by atoms with van der Waals surface area (Å²) in [6.07, 6.45) is 0.626. The van der Waals surface area contributed by atoms with Crippen molar-refractivity contribution in [3.05, 3.63) is 17.0 Å². The Labute approximate surface area is 141 Å². The van der Waals surface area contributed by atoms with Crippen LogP contribution in [0.5, 0.6) is 0 Å². The number of nitrogens with zero attached hydrogens (tertiary/aromatic N) is 1. The minimum absolute atomic E-state index is 0. The second kappa shape index (κ2) is 6.84. The van der Waals surface area contributed by atoms with Gasteiger partial charge in [-0.2, -0.15) is 4.31 Å². The number of hydrogen-bond donors (Lipinski definition) is 1. The van der Waals surface area contributed by atoms with Crippen molar-refractivity contribution in [2.45, 2.75) is 30.5 Å². The lowest BCUT2D eigenvalue weighted by Gasteiger charge is -2.41. The molecule has 1 aliphatic rings. The molecule has 1 unspecified atom stereocenters. The van der Waals surface area contributed by atoms with Crippen molar-refractivity contribution in [1.29, 1.82) is 0 Å². The van der Waals surface area contributed by atoms with Gasteiger partial charge >= 0.3 is 5.97 Å². The molecule has 9 heteroatoms. The molecule has 1 aliphatic heterocycles. The number of piperidine rings is 1. The van der Waals surface area contributed by atoms with E-state index in [0.717, 1.165) is 11.3 Å². The largest absolute Gasteiger partial charge is 0.465 e. The van der Waals surface area contributed by atoms with Gasteiger partial charge in [-0.3, -0.25) is 0 Å². The number of hydrogen-bond acceptors (Lipinski definition) is 6. The number of methoxy groups -OCH3 is 1. The van der Waals surface area contributed by atoms with E-state index in [1.807, 2.05) is 13.8 Å². The van der Waals surface area contributed by atoms with Crippen LogP contribution in [0.3, 0.4) is 0 Å². The van der Waals surface area contributed by atoms with Crippen LogP contribution in [0.15, 0.2) is 16.3 Å². The van der Waals surface area contributed by atoms with Gasteiger partial charge in [-0.15, -0.1) is 23.7 Å². The maximum atomic E-state index is 12.6. The molecular weight excluding hydrogens is 348 g/mol. The Balaban J connectivity index is 0.00000242. The van der Waals surface area contributed by atoms with E-state index >= 15 is 0 Å². The van der Waals surface area contributed by atoms with Gasteiger partial charge in [0.25, 0.3) is 10.0 Å². The summed E-state index contributed by atoms with van der Waals surface area (Å²) in [6.45, 7) is 4.71. The van der Waals surface area contributed by atoms with Crippen molar-refractivity contribution in [2.24, 2.45) is 11.1 Å². The van der Waals surface area contributed by atoms with Crippen molar-refractivity contribution in [3.8, 4) is 0 Å². The molecule has 0 bridgehead atoms. The molecule has 1 aromatic rings. The van der Waals surface area contributed by atoms with Crippen LogP contribution in [0.4, 0.5) is 0 Å². The van der Waals surface area contributed by atoms with Gasteiger partial charge in [-0.05, 0) is 24.0 Å². The van der Waals surface area contributed by atoms with Gasteiger partial charge in [-0.1, -0.05) is 13.8 Å². The predicted octanol–water partition coefficient (Wildman–Crippen LogP) is 1.70. The van der Waals surface area contributed by atoms with Crippen molar-refractivity contribution in [3.63, 3.8) is 0 Å². The second-order valence-corrected chi connectivity index (χ2v) is 9.08. The highest BCUT2D eigenvalue weighted by atomic mass is 35.5. The molecule has 0 saturated carbocycles. The fraction of sp³-hybridized carbons (Fsp3) is 0.615. The zero-order chi connectivity index (χ0) is 15.8. The average Bonchev–Trinajstić information content (AvgIpc) is 2.91. The third-order valence-corrected chi connectivity index (χ3v) is 7.22. The van der Waals surface area contributed by atoms with E-state index in [0.29, 0.717) is 19.5 Å². The molecule has 0 radical (unpaired) electrons. The van der Waals surface area contributed by atoms with E-state index in [9.17, 15) is 13.2 Å². The molecule has 0 aliphatic carbocycles. The van der Waals surface area contributed by atoms with Gasteiger partial charge in [0.1, 0.15) is 9.09 Å². The SMILES string of the molecule is COC(=O)c1ccc(S(=O)(=O)N2CCC(N)C(C)(C)C2)s1.Cl. The molecule has 22 heavy (non-hydrogen) atoms. The molecule has 1 atom stereocenters. The molecular formula is C13H21ClN2O4S2. The Morgan fingerprint density at radius 3 is 2.64 bits per heavy atom. The Morgan fingerprint density at radius 2 is 2.09 bits per heavy atom. The van der Waals surface area contributed by atoms with E-state index in [-0.39, 0.29) is 33.0 Å². The topological polar surface area (TPSA) is 89.7 Å². The number of thiophene rings is 1. The van der Waals surface area contributed by atoms with E-state index in [1.165, 1.54) is 23.5 Å². The molecule has 2 heterocycles. The lowest BCUT2D eigenvalue weighted by molar-refractivity contribution is 0.0606. The summed E-state index contributed by atoms with van der Waals surface area (Å²) in [5.74, 6) is -0.526. The number of nitrogens with two attached hydrogens (primary N) is 1. The lowest BCUT2D eigenvalue weighted by atomic mass is 9.81. The number of carbonyl (C=O) groups is 1. The van der Waals surface area contributed by atoms with Crippen LogP contribution in [-0.4, -0.2) is 44.9 Å². The van der Waals surface area contributed by atoms with E-state index in [1.54, 1.807) is 0 Å². The van der Waals surface area contributed by atoms with Crippen LogP contribution in [0, 0.1) is 5.41 Å². The number of sulfonamides is 1. The Kier molecular flexibility index (Phi) is 6.02. The fourth-order valence-electron chi connectivity index (χ4n) is 2.33. The molecule has 1 aromatic heterocycles. The summed E-state index contributed by atoms with van der Waals surface area (Å²) in [7, 11) is -2.32. The smallest absolute Gasteiger partial charge is 0.348 e. The van der Waals surface area contributed by atoms with Crippen molar-refractivity contribution >= 4 is 39.7 Å². The summed E-state index contributed by atoms with van der Waals surface area (Å²) in [6, 6.07) is 2.91. The molecule has 0 aromatic carbocycles. The lowest BCUT2D eigenvalue weighted by Crippen LogP contribution is -2.53. The first kappa shape index (κ1) is 19.4. The molecule has 0 spiro atoms. The Hall–Kier alpha value is -0.670. The highest BCUT2D eigenvalue weighted by Crippen LogP contribution is 2.33. The molecule has 1 saturated heterocycles. The van der Waals surface area contributed by atoms with Gasteiger partial charge in [0, 0.05) is 19.1 Å². The van der Waals surface area contributed by atoms with Crippen LogP contribution in [0.1, 0.15) is 29.9 Å². The summed E-state index contributed by atoms with van der Waals surface area (Å²) in [5.41, 5.74) is 5.77. The summed E-state index contributed by atoms with van der Waals surface area (Å²) < 4.78 is 31.5. The molecule has 2 rings (SSSR count). The van der Waals surface area contributed by atoms with Gasteiger partial charge in [0.15, 0.2) is 0 Å². The molecule has 6 nitrogen and oxygen atoms in total. The van der Waals surface area contributed by atoms with E-state index in [4.69, 9.17) is 5.73 Å². The minimum atomic E-state index is -3.59. The summed E-state index contributed by atoms with van der Waals surface area (Å²) in [5, 5.41) is 0. The van der Waals surface area contributed by atoms with Gasteiger partial charge < -0.3 is 10.5 Å². The zero-order valence-corrected chi connectivity index (χ0v) is 15.2. The van der Waals surface area contributed by atoms with E-state index in [2.05, 4.69) is 4.74 Å². The predicted molar refractivity (Wildman–Crippen MR) is 88.0 cm³/mol. The number of ether oxygens (including phenoxy) is 1. The molecule has 126 valence electrons. The molecule has 2 N–H and O–H groups in total. The Morgan fingerprint density at radius 1 is 1.45 bits per heavy atom. The van der Waals surface area contributed by atoms with Crippen LogP contribution in [-0.2, 0) is 14.8 Å². The van der Waals surface area contributed by atoms with Crippen molar-refractivity contribution < 1.29 is 17.9 Å². The third-order valence-electron chi connectivity index (χ3n) is 3.84.